The van der Waals surface area contributed by atoms with E-state index in [0.29, 0.717) is 18.1 Å². The number of carbonyl (C=O) groups excluding carboxylic acids is 1. The highest BCUT2D eigenvalue weighted by Crippen LogP contribution is 2.32. The molecule has 1 aliphatic carbocycles. The van der Waals surface area contributed by atoms with Crippen LogP contribution in [0.25, 0.3) is 0 Å². The lowest BCUT2D eigenvalue weighted by Gasteiger charge is -2.12. The van der Waals surface area contributed by atoms with Crippen molar-refractivity contribution in [1.29, 1.82) is 0 Å². The summed E-state index contributed by atoms with van der Waals surface area (Å²) in [6.45, 7) is 4.15. The highest BCUT2D eigenvalue weighted by atomic mass is 16.3. The molecule has 0 bridgehead atoms. The molecule has 0 aromatic heterocycles. The van der Waals surface area contributed by atoms with Crippen molar-refractivity contribution in [2.75, 3.05) is 6.61 Å². The largest absolute Gasteiger partial charge is 0.396 e. The molecule has 0 saturated heterocycles. The van der Waals surface area contributed by atoms with Gasteiger partial charge in [-0.3, -0.25) is 4.79 Å². The highest BCUT2D eigenvalue weighted by molar-refractivity contribution is 5.83. The summed E-state index contributed by atoms with van der Waals surface area (Å²) >= 11 is 0. The van der Waals surface area contributed by atoms with Gasteiger partial charge in [0, 0.05) is 18.9 Å². The summed E-state index contributed by atoms with van der Waals surface area (Å²) in [6, 6.07) is 0. The monoisotopic (exact) mass is 142 g/mol. The Morgan fingerprint density at radius 3 is 2.40 bits per heavy atom. The van der Waals surface area contributed by atoms with Crippen LogP contribution in [0.5, 0.6) is 0 Å². The summed E-state index contributed by atoms with van der Waals surface area (Å²) in [5.41, 5.74) is 0. The van der Waals surface area contributed by atoms with Gasteiger partial charge >= 0.3 is 0 Å². The van der Waals surface area contributed by atoms with E-state index in [0.717, 1.165) is 0 Å². The maximum Gasteiger partial charge on any atom is 0.136 e. The average molecular weight is 142 g/mol. The lowest BCUT2D eigenvalue weighted by Crippen LogP contribution is -2.12. The Labute approximate surface area is 61.2 Å². The first-order valence-electron chi connectivity index (χ1n) is 3.80. The molecule has 0 aromatic rings. The Bertz CT molecular complexity index is 142. The minimum Gasteiger partial charge on any atom is -0.396 e. The van der Waals surface area contributed by atoms with Gasteiger partial charge in [-0.15, -0.1) is 0 Å². The van der Waals surface area contributed by atoms with Gasteiger partial charge in [0.05, 0.1) is 0 Å². The second kappa shape index (κ2) is 2.70. The van der Waals surface area contributed by atoms with E-state index in [2.05, 4.69) is 0 Å². The van der Waals surface area contributed by atoms with Crippen LogP contribution in [0.2, 0.25) is 0 Å². The first-order valence-corrected chi connectivity index (χ1v) is 3.80. The number of carbonyl (C=O) groups is 1. The molecule has 2 heteroatoms. The predicted molar refractivity (Wildman–Crippen MR) is 38.5 cm³/mol. The van der Waals surface area contributed by atoms with Gasteiger partial charge in [0.2, 0.25) is 0 Å². The third kappa shape index (κ3) is 1.08. The molecule has 0 aliphatic heterocycles. The summed E-state index contributed by atoms with van der Waals surface area (Å²) in [4.78, 5) is 11.0. The second-order valence-electron chi connectivity index (χ2n) is 3.26. The lowest BCUT2D eigenvalue weighted by atomic mass is 9.93. The molecule has 0 aromatic carbocycles. The van der Waals surface area contributed by atoms with E-state index in [1.807, 2.05) is 13.8 Å². The van der Waals surface area contributed by atoms with Crippen molar-refractivity contribution in [3.63, 3.8) is 0 Å². The predicted octanol–water partition coefficient (Wildman–Crippen LogP) is 0.840. The summed E-state index contributed by atoms with van der Waals surface area (Å²) in [5, 5.41) is 8.82. The first-order chi connectivity index (χ1) is 4.66. The van der Waals surface area contributed by atoms with Crippen molar-refractivity contribution < 1.29 is 9.90 Å². The standard InChI is InChI=1S/C8H14O2/c1-5-6(2)8(10)3-7(5)4-9/h5-7,9H,3-4H2,1-2H3/t5?,6?,7-/m0/s1. The average Bonchev–Trinajstić information content (AvgIpc) is 2.17. The molecule has 3 atom stereocenters. The van der Waals surface area contributed by atoms with E-state index < -0.39 is 0 Å². The summed E-state index contributed by atoms with van der Waals surface area (Å²) < 4.78 is 0. The molecule has 1 saturated carbocycles. The molecule has 0 amide bonds. The number of Topliss-reactive ketones (excluding diaryl/α,β-unsaturated/α-hetero) is 1. The summed E-state index contributed by atoms with van der Waals surface area (Å²) in [7, 11) is 0. The normalized spacial score (nSPS) is 40.7. The van der Waals surface area contributed by atoms with E-state index in [9.17, 15) is 4.79 Å². The van der Waals surface area contributed by atoms with E-state index in [1.54, 1.807) is 0 Å². The third-order valence-electron chi connectivity index (χ3n) is 2.74. The van der Waals surface area contributed by atoms with Crippen molar-refractivity contribution >= 4 is 5.78 Å². The van der Waals surface area contributed by atoms with Gasteiger partial charge in [-0.1, -0.05) is 13.8 Å². The molecule has 0 heterocycles. The second-order valence-corrected chi connectivity index (χ2v) is 3.26. The van der Waals surface area contributed by atoms with Crippen LogP contribution in [0.1, 0.15) is 20.3 Å². The highest BCUT2D eigenvalue weighted by Gasteiger charge is 2.35. The molecule has 1 aliphatic rings. The van der Waals surface area contributed by atoms with Crippen molar-refractivity contribution in [3.8, 4) is 0 Å². The minimum atomic E-state index is 0.164. The Balaban J connectivity index is 2.61. The SMILES string of the molecule is CC1C(=O)C[C@@H](CO)C1C. The number of rotatable bonds is 1. The smallest absolute Gasteiger partial charge is 0.136 e. The van der Waals surface area contributed by atoms with Crippen LogP contribution >= 0.6 is 0 Å². The van der Waals surface area contributed by atoms with Gasteiger partial charge in [-0.25, -0.2) is 0 Å². The van der Waals surface area contributed by atoms with Gasteiger partial charge in [-0.2, -0.15) is 0 Å². The molecule has 58 valence electrons. The fraction of sp³-hybridized carbons (Fsp3) is 0.875. The number of aliphatic hydroxyl groups is 1. The minimum absolute atomic E-state index is 0.164. The van der Waals surface area contributed by atoms with Crippen LogP contribution < -0.4 is 0 Å². The quantitative estimate of drug-likeness (QED) is 0.589. The third-order valence-corrected chi connectivity index (χ3v) is 2.74. The van der Waals surface area contributed by atoms with Crippen LogP contribution in [-0.2, 0) is 4.79 Å². The Hall–Kier alpha value is -0.370. The first kappa shape index (κ1) is 7.73. The molecule has 10 heavy (non-hydrogen) atoms. The van der Waals surface area contributed by atoms with Crippen molar-refractivity contribution in [2.24, 2.45) is 17.8 Å². The van der Waals surface area contributed by atoms with E-state index in [-0.39, 0.29) is 18.4 Å². The molecular formula is C8H14O2. The number of aliphatic hydroxyl groups excluding tert-OH is 1. The fourth-order valence-electron chi connectivity index (χ4n) is 1.56. The molecular weight excluding hydrogens is 128 g/mol. The van der Waals surface area contributed by atoms with E-state index in [1.165, 1.54) is 0 Å². The molecule has 1 fully saturated rings. The molecule has 1 rings (SSSR count). The number of hydrogen-bond acceptors (Lipinski definition) is 2. The van der Waals surface area contributed by atoms with Crippen molar-refractivity contribution in [3.05, 3.63) is 0 Å². The van der Waals surface area contributed by atoms with Gasteiger partial charge in [0.25, 0.3) is 0 Å². The lowest BCUT2D eigenvalue weighted by molar-refractivity contribution is -0.120. The number of hydrogen-bond donors (Lipinski definition) is 1. The molecule has 2 unspecified atom stereocenters. The molecule has 0 spiro atoms. The zero-order valence-corrected chi connectivity index (χ0v) is 6.50. The summed E-state index contributed by atoms with van der Waals surface area (Å²) in [5.74, 6) is 1.07. The van der Waals surface area contributed by atoms with Gasteiger partial charge < -0.3 is 5.11 Å². The van der Waals surface area contributed by atoms with E-state index >= 15 is 0 Å². The maximum atomic E-state index is 11.0. The Kier molecular flexibility index (Phi) is 2.09. The van der Waals surface area contributed by atoms with Gasteiger partial charge in [-0.05, 0) is 11.8 Å². The van der Waals surface area contributed by atoms with Crippen molar-refractivity contribution in [2.45, 2.75) is 20.3 Å². The number of ketones is 1. The Morgan fingerprint density at radius 2 is 2.20 bits per heavy atom. The van der Waals surface area contributed by atoms with Gasteiger partial charge in [0.1, 0.15) is 5.78 Å². The Morgan fingerprint density at radius 1 is 1.60 bits per heavy atom. The van der Waals surface area contributed by atoms with Crippen LogP contribution in [0.3, 0.4) is 0 Å². The van der Waals surface area contributed by atoms with Crippen LogP contribution in [-0.4, -0.2) is 17.5 Å². The van der Waals surface area contributed by atoms with Crippen LogP contribution in [0, 0.1) is 17.8 Å². The zero-order chi connectivity index (χ0) is 7.72. The van der Waals surface area contributed by atoms with Crippen molar-refractivity contribution in [1.82, 2.24) is 0 Å². The summed E-state index contributed by atoms with van der Waals surface area (Å²) in [6.07, 6.45) is 0.582. The molecule has 0 radical (unpaired) electrons. The topological polar surface area (TPSA) is 37.3 Å². The van der Waals surface area contributed by atoms with E-state index in [4.69, 9.17) is 5.11 Å². The van der Waals surface area contributed by atoms with Crippen LogP contribution in [0.15, 0.2) is 0 Å². The van der Waals surface area contributed by atoms with Gasteiger partial charge in [0.15, 0.2) is 0 Å². The van der Waals surface area contributed by atoms with Crippen LogP contribution in [0.4, 0.5) is 0 Å². The maximum absolute atomic E-state index is 11.0. The molecule has 2 nitrogen and oxygen atoms in total. The molecule has 1 N–H and O–H groups in total. The fourth-order valence-corrected chi connectivity index (χ4v) is 1.56. The zero-order valence-electron chi connectivity index (χ0n) is 6.50.